The number of hydrogen-bond donors (Lipinski definition) is 2. The Kier molecular flexibility index (Phi) is 4.80. The monoisotopic (exact) mass is 313 g/mol. The molecule has 0 saturated heterocycles. The predicted molar refractivity (Wildman–Crippen MR) is 89.8 cm³/mol. The van der Waals surface area contributed by atoms with Crippen LogP contribution in [0, 0.1) is 0 Å². The molecule has 22 heavy (non-hydrogen) atoms. The first-order valence-electron chi connectivity index (χ1n) is 7.45. The zero-order valence-electron chi connectivity index (χ0n) is 12.2. The molecular weight excluding hydrogens is 294 g/mol. The van der Waals surface area contributed by atoms with Gasteiger partial charge in [0.1, 0.15) is 5.25 Å². The summed E-state index contributed by atoms with van der Waals surface area (Å²) in [7, 11) is 0. The first-order chi connectivity index (χ1) is 10.8. The smallest absolute Gasteiger partial charge is 0.238 e. The molecule has 0 aromatic heterocycles. The minimum absolute atomic E-state index is 0.0277. The summed E-state index contributed by atoms with van der Waals surface area (Å²) in [6.45, 7) is -0.102. The number of thioether (sulfide) groups is 1. The summed E-state index contributed by atoms with van der Waals surface area (Å²) < 4.78 is 0. The Bertz CT molecular complexity index is 645. The summed E-state index contributed by atoms with van der Waals surface area (Å²) >= 11 is 1.67. The summed E-state index contributed by atoms with van der Waals surface area (Å²) in [6, 6.07) is 17.3. The highest BCUT2D eigenvalue weighted by atomic mass is 32.2. The fourth-order valence-electron chi connectivity index (χ4n) is 2.78. The topological polar surface area (TPSA) is 49.3 Å². The van der Waals surface area contributed by atoms with E-state index in [9.17, 15) is 9.90 Å². The second-order valence-corrected chi connectivity index (χ2v) is 6.57. The number of carbonyl (C=O) groups is 1. The van der Waals surface area contributed by atoms with E-state index in [4.69, 9.17) is 0 Å². The van der Waals surface area contributed by atoms with E-state index in [1.54, 1.807) is 11.8 Å². The molecule has 2 N–H and O–H groups in total. The molecule has 1 amide bonds. The maximum Gasteiger partial charge on any atom is 0.238 e. The molecule has 0 bridgehead atoms. The summed E-state index contributed by atoms with van der Waals surface area (Å²) in [4.78, 5) is 12.7. The fraction of sp³-hybridized carbons (Fsp3) is 0.278. The second-order valence-electron chi connectivity index (χ2n) is 5.35. The van der Waals surface area contributed by atoms with Crippen molar-refractivity contribution < 1.29 is 9.90 Å². The van der Waals surface area contributed by atoms with Crippen LogP contribution in [-0.4, -0.2) is 23.4 Å². The number of carbonyl (C=O) groups excluding carboxylic acids is 1. The van der Waals surface area contributed by atoms with Gasteiger partial charge in [-0.3, -0.25) is 4.79 Å². The SMILES string of the molecule is O=C(NC(CO)c1ccccc1)C1SCCc2ccccc21. The summed E-state index contributed by atoms with van der Waals surface area (Å²) in [5, 5.41) is 12.4. The third kappa shape index (κ3) is 3.18. The van der Waals surface area contributed by atoms with Crippen LogP contribution in [0.2, 0.25) is 0 Å². The van der Waals surface area contributed by atoms with Crippen LogP contribution in [0.5, 0.6) is 0 Å². The van der Waals surface area contributed by atoms with Crippen molar-refractivity contribution in [2.45, 2.75) is 17.7 Å². The predicted octanol–water partition coefficient (Wildman–Crippen LogP) is 2.87. The molecule has 2 atom stereocenters. The average Bonchev–Trinajstić information content (AvgIpc) is 2.59. The Balaban J connectivity index is 1.77. The normalized spacial score (nSPS) is 18.3. The lowest BCUT2D eigenvalue weighted by Gasteiger charge is -2.26. The molecule has 2 aromatic rings. The van der Waals surface area contributed by atoms with Gasteiger partial charge >= 0.3 is 0 Å². The Hall–Kier alpha value is -1.78. The van der Waals surface area contributed by atoms with Gasteiger partial charge in [-0.05, 0) is 28.9 Å². The third-order valence-corrected chi connectivity index (χ3v) is 5.17. The zero-order valence-corrected chi connectivity index (χ0v) is 13.1. The lowest BCUT2D eigenvalue weighted by molar-refractivity contribution is -0.121. The number of aliphatic hydroxyl groups excluding tert-OH is 1. The Morgan fingerprint density at radius 2 is 1.91 bits per heavy atom. The first kappa shape index (κ1) is 15.1. The van der Waals surface area contributed by atoms with Crippen molar-refractivity contribution in [1.82, 2.24) is 5.32 Å². The van der Waals surface area contributed by atoms with E-state index in [0.717, 1.165) is 23.3 Å². The number of amides is 1. The largest absolute Gasteiger partial charge is 0.394 e. The third-order valence-electron chi connectivity index (χ3n) is 3.93. The minimum atomic E-state index is -0.358. The van der Waals surface area contributed by atoms with E-state index in [2.05, 4.69) is 11.4 Å². The van der Waals surface area contributed by atoms with Gasteiger partial charge in [-0.2, -0.15) is 0 Å². The molecule has 0 spiro atoms. The molecule has 0 fully saturated rings. The van der Waals surface area contributed by atoms with E-state index in [-0.39, 0.29) is 23.8 Å². The lowest BCUT2D eigenvalue weighted by Crippen LogP contribution is -2.35. The standard InChI is InChI=1S/C18H19NO2S/c20-12-16(14-7-2-1-3-8-14)19-18(21)17-15-9-5-4-6-13(15)10-11-22-17/h1-9,16-17,20H,10-12H2,(H,19,21). The number of aliphatic hydroxyl groups is 1. The highest BCUT2D eigenvalue weighted by Gasteiger charge is 2.28. The highest BCUT2D eigenvalue weighted by molar-refractivity contribution is 8.00. The van der Waals surface area contributed by atoms with Crippen molar-refractivity contribution in [1.29, 1.82) is 0 Å². The van der Waals surface area contributed by atoms with Gasteiger partial charge in [0.25, 0.3) is 0 Å². The van der Waals surface area contributed by atoms with Crippen LogP contribution in [0.1, 0.15) is 28.0 Å². The summed E-state index contributed by atoms with van der Waals surface area (Å²) in [5.41, 5.74) is 3.27. The fourth-order valence-corrected chi connectivity index (χ4v) is 3.98. The second kappa shape index (κ2) is 6.99. The maximum atomic E-state index is 12.7. The van der Waals surface area contributed by atoms with Gasteiger partial charge in [0.05, 0.1) is 12.6 Å². The summed E-state index contributed by atoms with van der Waals surface area (Å²) in [5.74, 6) is 0.921. The van der Waals surface area contributed by atoms with Crippen molar-refractivity contribution >= 4 is 17.7 Å². The van der Waals surface area contributed by atoms with Crippen LogP contribution >= 0.6 is 11.8 Å². The maximum absolute atomic E-state index is 12.7. The molecule has 2 aromatic carbocycles. The number of fused-ring (bicyclic) bond motifs is 1. The van der Waals surface area contributed by atoms with Gasteiger partial charge in [0.2, 0.25) is 5.91 Å². The summed E-state index contributed by atoms with van der Waals surface area (Å²) in [6.07, 6.45) is 1.01. The Labute approximate surface area is 134 Å². The molecule has 0 aliphatic carbocycles. The molecule has 0 radical (unpaired) electrons. The van der Waals surface area contributed by atoms with Crippen molar-refractivity contribution in [2.24, 2.45) is 0 Å². The molecule has 0 saturated carbocycles. The van der Waals surface area contributed by atoms with Gasteiger partial charge in [0, 0.05) is 0 Å². The van der Waals surface area contributed by atoms with Crippen molar-refractivity contribution in [2.75, 3.05) is 12.4 Å². The first-order valence-corrected chi connectivity index (χ1v) is 8.50. The van der Waals surface area contributed by atoms with E-state index in [1.165, 1.54) is 5.56 Å². The van der Waals surface area contributed by atoms with Gasteiger partial charge in [0.15, 0.2) is 0 Å². The number of rotatable bonds is 4. The van der Waals surface area contributed by atoms with Crippen LogP contribution in [0.15, 0.2) is 54.6 Å². The number of benzene rings is 2. The highest BCUT2D eigenvalue weighted by Crippen LogP contribution is 2.37. The van der Waals surface area contributed by atoms with Gasteiger partial charge < -0.3 is 10.4 Å². The van der Waals surface area contributed by atoms with Crippen LogP contribution in [0.3, 0.4) is 0 Å². The lowest BCUT2D eigenvalue weighted by atomic mass is 10.0. The Morgan fingerprint density at radius 1 is 1.18 bits per heavy atom. The number of nitrogens with one attached hydrogen (secondary N) is 1. The minimum Gasteiger partial charge on any atom is -0.394 e. The Morgan fingerprint density at radius 3 is 2.68 bits per heavy atom. The molecule has 1 aliphatic rings. The number of hydrogen-bond acceptors (Lipinski definition) is 3. The molecule has 1 aliphatic heterocycles. The quantitative estimate of drug-likeness (QED) is 0.912. The van der Waals surface area contributed by atoms with Gasteiger partial charge in [-0.1, -0.05) is 54.6 Å². The molecule has 114 valence electrons. The molecule has 3 rings (SSSR count). The van der Waals surface area contributed by atoms with E-state index >= 15 is 0 Å². The van der Waals surface area contributed by atoms with Crippen LogP contribution in [0.25, 0.3) is 0 Å². The van der Waals surface area contributed by atoms with E-state index < -0.39 is 0 Å². The van der Waals surface area contributed by atoms with Crippen LogP contribution in [-0.2, 0) is 11.2 Å². The van der Waals surface area contributed by atoms with E-state index in [0.29, 0.717) is 0 Å². The molecule has 2 unspecified atom stereocenters. The zero-order chi connectivity index (χ0) is 15.4. The molecule has 4 heteroatoms. The van der Waals surface area contributed by atoms with Gasteiger partial charge in [-0.15, -0.1) is 11.8 Å². The van der Waals surface area contributed by atoms with Crippen molar-refractivity contribution in [3.05, 3.63) is 71.3 Å². The van der Waals surface area contributed by atoms with E-state index in [1.807, 2.05) is 48.5 Å². The molecule has 1 heterocycles. The number of aryl methyl sites for hydroxylation is 1. The molecular formula is C18H19NO2S. The average molecular weight is 313 g/mol. The van der Waals surface area contributed by atoms with Crippen LogP contribution in [0.4, 0.5) is 0 Å². The van der Waals surface area contributed by atoms with Crippen molar-refractivity contribution in [3.8, 4) is 0 Å². The van der Waals surface area contributed by atoms with Gasteiger partial charge in [-0.25, -0.2) is 0 Å². The van der Waals surface area contributed by atoms with Crippen molar-refractivity contribution in [3.63, 3.8) is 0 Å². The molecule has 3 nitrogen and oxygen atoms in total. The van der Waals surface area contributed by atoms with Crippen LogP contribution < -0.4 is 5.32 Å².